The average molecular weight is 276 g/mol. The Labute approximate surface area is 115 Å². The lowest BCUT2D eigenvalue weighted by Crippen LogP contribution is -2.35. The van der Waals surface area contributed by atoms with Crippen molar-refractivity contribution in [2.75, 3.05) is 13.2 Å². The summed E-state index contributed by atoms with van der Waals surface area (Å²) in [6.07, 6.45) is 0.766. The van der Waals surface area contributed by atoms with E-state index in [1.165, 1.54) is 10.8 Å². The van der Waals surface area contributed by atoms with Crippen LogP contribution in [0.2, 0.25) is 0 Å². The van der Waals surface area contributed by atoms with Crippen LogP contribution < -0.4 is 11.2 Å². The quantitative estimate of drug-likeness (QED) is 0.828. The topological polar surface area (TPSA) is 84.3 Å². The van der Waals surface area contributed by atoms with Gasteiger partial charge in [0.25, 0.3) is 5.56 Å². The summed E-state index contributed by atoms with van der Waals surface area (Å²) >= 11 is 0. The number of aromatic amines is 1. The lowest BCUT2D eigenvalue weighted by Gasteiger charge is -2.20. The van der Waals surface area contributed by atoms with E-state index in [-0.39, 0.29) is 13.2 Å². The Hall–Kier alpha value is -2.18. The van der Waals surface area contributed by atoms with Crippen molar-refractivity contribution < 1.29 is 9.84 Å². The SMILES string of the molecule is Cc1cn(C(OCCO)c2ccccc2)c(=O)[nH]c1=O. The standard InChI is InChI=1S/C14H16N2O4/c1-10-9-16(14(19)15-12(10)18)13(20-8-7-17)11-5-3-2-4-6-11/h2-6,9,13,17H,7-8H2,1H3,(H,15,18,19). The molecule has 2 aromatic rings. The molecule has 0 saturated heterocycles. The molecule has 1 aromatic carbocycles. The molecule has 0 aliphatic rings. The van der Waals surface area contributed by atoms with Crippen molar-refractivity contribution in [2.24, 2.45) is 0 Å². The van der Waals surface area contributed by atoms with Crippen molar-refractivity contribution in [1.29, 1.82) is 0 Å². The number of nitrogens with one attached hydrogen (secondary N) is 1. The lowest BCUT2D eigenvalue weighted by atomic mass is 10.2. The molecule has 1 atom stereocenters. The van der Waals surface area contributed by atoms with Crippen LogP contribution in [0.25, 0.3) is 0 Å². The number of aliphatic hydroxyl groups excluding tert-OH is 1. The summed E-state index contributed by atoms with van der Waals surface area (Å²) in [6.45, 7) is 1.55. The fourth-order valence-electron chi connectivity index (χ4n) is 1.88. The molecule has 6 nitrogen and oxygen atoms in total. The zero-order valence-electron chi connectivity index (χ0n) is 11.1. The maximum absolute atomic E-state index is 11.9. The molecule has 0 saturated carbocycles. The average Bonchev–Trinajstić information content (AvgIpc) is 2.45. The molecule has 0 amide bonds. The summed E-state index contributed by atoms with van der Waals surface area (Å²) in [6, 6.07) is 9.14. The molecule has 2 rings (SSSR count). The Bertz CT molecular complexity index is 676. The van der Waals surface area contributed by atoms with Crippen LogP contribution >= 0.6 is 0 Å². The first-order valence-electron chi connectivity index (χ1n) is 6.23. The molecule has 1 unspecified atom stereocenters. The summed E-state index contributed by atoms with van der Waals surface area (Å²) in [7, 11) is 0. The Kier molecular flexibility index (Phi) is 4.49. The van der Waals surface area contributed by atoms with E-state index < -0.39 is 17.5 Å². The van der Waals surface area contributed by atoms with Gasteiger partial charge in [-0.05, 0) is 6.92 Å². The Balaban J connectivity index is 2.49. The number of ether oxygens (including phenoxy) is 1. The highest BCUT2D eigenvalue weighted by Crippen LogP contribution is 2.17. The monoisotopic (exact) mass is 276 g/mol. The molecular weight excluding hydrogens is 260 g/mol. The fraction of sp³-hybridized carbons (Fsp3) is 0.286. The lowest BCUT2D eigenvalue weighted by molar-refractivity contribution is 0.00784. The van der Waals surface area contributed by atoms with Crippen LogP contribution in [0.15, 0.2) is 46.1 Å². The van der Waals surface area contributed by atoms with Gasteiger partial charge < -0.3 is 9.84 Å². The minimum atomic E-state index is -0.689. The molecule has 1 heterocycles. The summed E-state index contributed by atoms with van der Waals surface area (Å²) in [5, 5.41) is 8.91. The first kappa shape index (κ1) is 14.2. The van der Waals surface area contributed by atoms with Crippen molar-refractivity contribution >= 4 is 0 Å². The predicted octanol–water partition coefficient (Wildman–Crippen LogP) is 0.401. The predicted molar refractivity (Wildman–Crippen MR) is 73.7 cm³/mol. The highest BCUT2D eigenvalue weighted by Gasteiger charge is 2.16. The third kappa shape index (κ3) is 3.04. The van der Waals surface area contributed by atoms with Gasteiger partial charge in [-0.3, -0.25) is 14.3 Å². The van der Waals surface area contributed by atoms with Gasteiger partial charge in [0.15, 0.2) is 6.23 Å². The Morgan fingerprint density at radius 1 is 1.30 bits per heavy atom. The Morgan fingerprint density at radius 2 is 2.00 bits per heavy atom. The number of aliphatic hydroxyl groups is 1. The summed E-state index contributed by atoms with van der Waals surface area (Å²) < 4.78 is 6.84. The van der Waals surface area contributed by atoms with E-state index in [9.17, 15) is 9.59 Å². The molecule has 20 heavy (non-hydrogen) atoms. The second-order valence-electron chi connectivity index (χ2n) is 4.34. The molecule has 6 heteroatoms. The van der Waals surface area contributed by atoms with E-state index in [1.807, 2.05) is 30.3 Å². The second kappa shape index (κ2) is 6.31. The van der Waals surface area contributed by atoms with Gasteiger partial charge in [0.05, 0.1) is 13.2 Å². The maximum Gasteiger partial charge on any atom is 0.330 e. The highest BCUT2D eigenvalue weighted by molar-refractivity contribution is 5.18. The largest absolute Gasteiger partial charge is 0.394 e. The number of aromatic nitrogens is 2. The molecule has 0 bridgehead atoms. The van der Waals surface area contributed by atoms with Crippen LogP contribution in [0.1, 0.15) is 17.4 Å². The van der Waals surface area contributed by atoms with Crippen LogP contribution in [0, 0.1) is 6.92 Å². The smallest absolute Gasteiger partial charge is 0.330 e. The van der Waals surface area contributed by atoms with E-state index in [2.05, 4.69) is 4.98 Å². The van der Waals surface area contributed by atoms with Crippen LogP contribution in [0.4, 0.5) is 0 Å². The summed E-state index contributed by atoms with van der Waals surface area (Å²) in [5.74, 6) is 0. The van der Waals surface area contributed by atoms with Crippen molar-refractivity contribution in [2.45, 2.75) is 13.2 Å². The van der Waals surface area contributed by atoms with Gasteiger partial charge in [-0.2, -0.15) is 0 Å². The number of hydrogen-bond donors (Lipinski definition) is 2. The highest BCUT2D eigenvalue weighted by atomic mass is 16.5. The number of nitrogens with zero attached hydrogens (tertiary/aromatic N) is 1. The van der Waals surface area contributed by atoms with Crippen LogP contribution in [-0.4, -0.2) is 27.9 Å². The normalized spacial score (nSPS) is 12.3. The first-order chi connectivity index (χ1) is 9.63. The number of aryl methyl sites for hydroxylation is 1. The second-order valence-corrected chi connectivity index (χ2v) is 4.34. The molecule has 106 valence electrons. The minimum Gasteiger partial charge on any atom is -0.394 e. The summed E-state index contributed by atoms with van der Waals surface area (Å²) in [4.78, 5) is 25.6. The van der Waals surface area contributed by atoms with Gasteiger partial charge >= 0.3 is 5.69 Å². The number of rotatable bonds is 5. The van der Waals surface area contributed by atoms with Gasteiger partial charge in [0, 0.05) is 17.3 Å². The molecule has 0 radical (unpaired) electrons. The number of hydrogen-bond acceptors (Lipinski definition) is 4. The van der Waals surface area contributed by atoms with E-state index in [0.717, 1.165) is 5.56 Å². The van der Waals surface area contributed by atoms with Crippen molar-refractivity contribution in [3.05, 3.63) is 68.5 Å². The molecule has 0 spiro atoms. The minimum absolute atomic E-state index is 0.0875. The van der Waals surface area contributed by atoms with Crippen molar-refractivity contribution in [3.8, 4) is 0 Å². The number of benzene rings is 1. The van der Waals surface area contributed by atoms with Gasteiger partial charge in [-0.25, -0.2) is 4.79 Å². The third-order valence-corrected chi connectivity index (χ3v) is 2.85. The van der Waals surface area contributed by atoms with Gasteiger partial charge in [-0.1, -0.05) is 30.3 Å². The zero-order valence-corrected chi connectivity index (χ0v) is 11.1. The van der Waals surface area contributed by atoms with Crippen LogP contribution in [-0.2, 0) is 4.74 Å². The Morgan fingerprint density at radius 3 is 2.65 bits per heavy atom. The van der Waals surface area contributed by atoms with Gasteiger partial charge in [0.1, 0.15) is 0 Å². The van der Waals surface area contributed by atoms with E-state index in [0.29, 0.717) is 5.56 Å². The van der Waals surface area contributed by atoms with Crippen LogP contribution in [0.5, 0.6) is 0 Å². The first-order valence-corrected chi connectivity index (χ1v) is 6.23. The molecule has 1 aromatic heterocycles. The number of H-pyrrole nitrogens is 1. The fourth-order valence-corrected chi connectivity index (χ4v) is 1.88. The molecular formula is C14H16N2O4. The van der Waals surface area contributed by atoms with E-state index in [4.69, 9.17) is 9.84 Å². The third-order valence-electron chi connectivity index (χ3n) is 2.85. The van der Waals surface area contributed by atoms with Gasteiger partial charge in [0.2, 0.25) is 0 Å². The maximum atomic E-state index is 11.9. The van der Waals surface area contributed by atoms with Gasteiger partial charge in [-0.15, -0.1) is 0 Å². The summed E-state index contributed by atoms with van der Waals surface area (Å²) in [5.41, 5.74) is 0.209. The molecule has 2 N–H and O–H groups in total. The molecule has 0 aliphatic carbocycles. The molecule has 0 aliphatic heterocycles. The van der Waals surface area contributed by atoms with Crippen LogP contribution in [0.3, 0.4) is 0 Å². The van der Waals surface area contributed by atoms with E-state index in [1.54, 1.807) is 6.92 Å². The molecule has 0 fully saturated rings. The van der Waals surface area contributed by atoms with E-state index >= 15 is 0 Å². The van der Waals surface area contributed by atoms with Crippen molar-refractivity contribution in [1.82, 2.24) is 9.55 Å². The van der Waals surface area contributed by atoms with Crippen molar-refractivity contribution in [3.63, 3.8) is 0 Å². The zero-order chi connectivity index (χ0) is 14.5.